The summed E-state index contributed by atoms with van der Waals surface area (Å²) >= 11 is 0. The summed E-state index contributed by atoms with van der Waals surface area (Å²) in [4.78, 5) is 41.1. The van der Waals surface area contributed by atoms with Crippen molar-refractivity contribution in [3.8, 4) is 11.4 Å². The lowest BCUT2D eigenvalue weighted by molar-refractivity contribution is -0.0496. The van der Waals surface area contributed by atoms with Crippen LogP contribution in [-0.4, -0.2) is 64.4 Å². The van der Waals surface area contributed by atoms with Crippen molar-refractivity contribution >= 4 is 24.9 Å². The molecule has 2 aromatic heterocycles. The van der Waals surface area contributed by atoms with Gasteiger partial charge in [-0.2, -0.15) is 4.98 Å². The molecule has 0 spiro atoms. The Morgan fingerprint density at radius 3 is 2.53 bits per heavy atom. The van der Waals surface area contributed by atoms with Crippen LogP contribution in [0.25, 0.3) is 22.6 Å². The molecule has 0 bridgehead atoms. The molecule has 1 fully saturated rings. The standard InChI is InChI=1S/C18H22N5O8P/c1-2-8-3-5-9(6-4-8)14-20-11-15(21-18(19)22-16(11)26)23(14)17-13(25)12(24)10(31-17)7-30-32(27,28)29/h3-6,10,12-13,17,24-25H,2,7H2,1H3,(H2,27,28,29)(H3,19,21,22,26)/t10-,12?,13?,17-/m1/s1. The quantitative estimate of drug-likeness (QED) is 0.259. The molecule has 0 aliphatic carbocycles. The zero-order valence-electron chi connectivity index (χ0n) is 16.8. The van der Waals surface area contributed by atoms with Crippen LogP contribution in [-0.2, 0) is 20.2 Å². The van der Waals surface area contributed by atoms with Crippen molar-refractivity contribution in [2.45, 2.75) is 37.9 Å². The first-order chi connectivity index (χ1) is 15.1. The van der Waals surface area contributed by atoms with Crippen LogP contribution in [0, 0.1) is 0 Å². The summed E-state index contributed by atoms with van der Waals surface area (Å²) in [6, 6.07) is 7.31. The highest BCUT2D eigenvalue weighted by atomic mass is 31.2. The number of ether oxygens (including phenoxy) is 1. The van der Waals surface area contributed by atoms with Crippen molar-refractivity contribution in [3.63, 3.8) is 0 Å². The van der Waals surface area contributed by atoms with Gasteiger partial charge in [0.25, 0.3) is 5.56 Å². The Bertz CT molecular complexity index is 1240. The lowest BCUT2D eigenvalue weighted by atomic mass is 10.1. The van der Waals surface area contributed by atoms with E-state index in [0.29, 0.717) is 5.56 Å². The van der Waals surface area contributed by atoms with Crippen LogP contribution in [0.15, 0.2) is 29.1 Å². The molecular formula is C18H22N5O8P. The highest BCUT2D eigenvalue weighted by Gasteiger charge is 2.46. The summed E-state index contributed by atoms with van der Waals surface area (Å²) in [5.41, 5.74) is 6.69. The monoisotopic (exact) mass is 467 g/mol. The number of fused-ring (bicyclic) bond motifs is 1. The van der Waals surface area contributed by atoms with Gasteiger partial charge in [-0.15, -0.1) is 0 Å². The maximum atomic E-state index is 12.4. The van der Waals surface area contributed by atoms with Gasteiger partial charge in [-0.1, -0.05) is 31.2 Å². The Morgan fingerprint density at radius 2 is 1.91 bits per heavy atom. The van der Waals surface area contributed by atoms with E-state index in [-0.39, 0.29) is 22.9 Å². The molecule has 4 atom stereocenters. The number of aliphatic hydroxyl groups excluding tert-OH is 2. The molecule has 0 radical (unpaired) electrons. The van der Waals surface area contributed by atoms with Crippen LogP contribution in [0.2, 0.25) is 0 Å². The van der Waals surface area contributed by atoms with Crippen LogP contribution in [0.1, 0.15) is 18.7 Å². The minimum atomic E-state index is -4.83. The number of anilines is 1. The van der Waals surface area contributed by atoms with Crippen LogP contribution >= 0.6 is 7.82 Å². The number of nitrogen functional groups attached to an aromatic ring is 1. The molecule has 0 saturated carbocycles. The van der Waals surface area contributed by atoms with Crippen molar-refractivity contribution in [2.24, 2.45) is 0 Å². The summed E-state index contributed by atoms with van der Waals surface area (Å²) in [6.45, 7) is 1.32. The summed E-state index contributed by atoms with van der Waals surface area (Å²) in [7, 11) is -4.83. The first kappa shape index (κ1) is 22.6. The molecule has 1 aliphatic heterocycles. The molecule has 3 heterocycles. The number of imidazole rings is 1. The number of aryl methyl sites for hydroxylation is 1. The Balaban J connectivity index is 1.83. The molecule has 0 amide bonds. The lowest BCUT2D eigenvalue weighted by Gasteiger charge is -2.19. The van der Waals surface area contributed by atoms with Crippen molar-refractivity contribution < 1.29 is 33.8 Å². The van der Waals surface area contributed by atoms with Crippen molar-refractivity contribution in [3.05, 3.63) is 40.2 Å². The van der Waals surface area contributed by atoms with Gasteiger partial charge < -0.3 is 30.5 Å². The second-order valence-electron chi connectivity index (χ2n) is 7.31. The van der Waals surface area contributed by atoms with Crippen LogP contribution in [0.4, 0.5) is 5.95 Å². The highest BCUT2D eigenvalue weighted by Crippen LogP contribution is 2.40. The molecular weight excluding hydrogens is 445 g/mol. The molecule has 7 N–H and O–H groups in total. The number of rotatable bonds is 6. The van der Waals surface area contributed by atoms with Crippen molar-refractivity contribution in [1.82, 2.24) is 19.5 Å². The van der Waals surface area contributed by atoms with E-state index in [1.165, 1.54) is 4.57 Å². The number of aliphatic hydroxyl groups is 2. The van der Waals surface area contributed by atoms with E-state index in [9.17, 15) is 19.6 Å². The molecule has 172 valence electrons. The molecule has 3 aromatic rings. The third kappa shape index (κ3) is 4.19. The summed E-state index contributed by atoms with van der Waals surface area (Å²) < 4.78 is 22.5. The van der Waals surface area contributed by atoms with Gasteiger partial charge in [-0.25, -0.2) is 9.55 Å². The Labute approximate surface area is 180 Å². The van der Waals surface area contributed by atoms with Gasteiger partial charge in [0.15, 0.2) is 17.4 Å². The average Bonchev–Trinajstić information content (AvgIpc) is 3.24. The van der Waals surface area contributed by atoms with Gasteiger partial charge >= 0.3 is 7.82 Å². The second kappa shape index (κ2) is 8.37. The Kier molecular flexibility index (Phi) is 5.90. The van der Waals surface area contributed by atoms with E-state index in [2.05, 4.69) is 19.5 Å². The number of phosphoric ester groups is 1. The highest BCUT2D eigenvalue weighted by molar-refractivity contribution is 7.46. The predicted molar refractivity (Wildman–Crippen MR) is 111 cm³/mol. The van der Waals surface area contributed by atoms with Crippen LogP contribution in [0.5, 0.6) is 0 Å². The smallest absolute Gasteiger partial charge is 0.387 e. The number of nitrogens with zero attached hydrogens (tertiary/aromatic N) is 3. The minimum Gasteiger partial charge on any atom is -0.387 e. The number of phosphoric acid groups is 1. The van der Waals surface area contributed by atoms with Crippen LogP contribution in [0.3, 0.4) is 0 Å². The summed E-state index contributed by atoms with van der Waals surface area (Å²) in [5.74, 6) is 0.0324. The predicted octanol–water partition coefficient (Wildman–Crippen LogP) is -0.340. The van der Waals surface area contributed by atoms with E-state index in [0.717, 1.165) is 12.0 Å². The normalized spacial score (nSPS) is 23.8. The molecule has 32 heavy (non-hydrogen) atoms. The van der Waals surface area contributed by atoms with Crippen molar-refractivity contribution in [2.75, 3.05) is 12.3 Å². The van der Waals surface area contributed by atoms with Gasteiger partial charge in [0.05, 0.1) is 6.61 Å². The maximum absolute atomic E-state index is 12.4. The largest absolute Gasteiger partial charge is 0.469 e. The molecule has 1 saturated heterocycles. The van der Waals surface area contributed by atoms with Crippen molar-refractivity contribution in [1.29, 1.82) is 0 Å². The van der Waals surface area contributed by atoms with E-state index in [1.807, 2.05) is 19.1 Å². The molecule has 13 nitrogen and oxygen atoms in total. The van der Waals surface area contributed by atoms with Crippen LogP contribution < -0.4 is 11.3 Å². The number of nitrogens with two attached hydrogens (primary N) is 1. The third-order valence-corrected chi connectivity index (χ3v) is 5.67. The fourth-order valence-electron chi connectivity index (χ4n) is 3.59. The number of hydrogen-bond donors (Lipinski definition) is 6. The van der Waals surface area contributed by atoms with E-state index in [4.69, 9.17) is 20.3 Å². The Hall–Kier alpha value is -2.64. The number of H-pyrrole nitrogens is 1. The van der Waals surface area contributed by atoms with Gasteiger partial charge in [0, 0.05) is 5.56 Å². The SMILES string of the molecule is CCc1ccc(-c2nc3c(=O)[nH]c(N)nc3n2[C@@H]2O[C@H](COP(=O)(O)O)C(O)C2O)cc1. The first-order valence-electron chi connectivity index (χ1n) is 9.67. The van der Waals surface area contributed by atoms with E-state index < -0.39 is 44.5 Å². The van der Waals surface area contributed by atoms with Gasteiger partial charge in [0.2, 0.25) is 5.95 Å². The first-order valence-corrected chi connectivity index (χ1v) is 11.2. The molecule has 1 aliphatic rings. The molecule has 2 unspecified atom stereocenters. The van der Waals surface area contributed by atoms with Gasteiger partial charge in [-0.3, -0.25) is 18.9 Å². The van der Waals surface area contributed by atoms with E-state index in [1.54, 1.807) is 12.1 Å². The summed E-state index contributed by atoms with van der Waals surface area (Å²) in [5, 5.41) is 21.0. The number of nitrogens with one attached hydrogen (secondary N) is 1. The molecule has 4 rings (SSSR count). The lowest BCUT2D eigenvalue weighted by Crippen LogP contribution is -2.33. The van der Waals surface area contributed by atoms with E-state index >= 15 is 0 Å². The second-order valence-corrected chi connectivity index (χ2v) is 8.55. The molecule has 14 heteroatoms. The fourth-order valence-corrected chi connectivity index (χ4v) is 3.93. The van der Waals surface area contributed by atoms with Gasteiger partial charge in [0.1, 0.15) is 24.1 Å². The zero-order chi connectivity index (χ0) is 23.2. The third-order valence-electron chi connectivity index (χ3n) is 5.19. The average molecular weight is 467 g/mol. The van der Waals surface area contributed by atoms with Gasteiger partial charge in [-0.05, 0) is 12.0 Å². The fraction of sp³-hybridized carbons (Fsp3) is 0.389. The minimum absolute atomic E-state index is 0.00799. The zero-order valence-corrected chi connectivity index (χ0v) is 17.7. The number of aromatic amines is 1. The summed E-state index contributed by atoms with van der Waals surface area (Å²) in [6.07, 6.45) is -4.84. The topological polar surface area (TPSA) is 206 Å². The number of hydrogen-bond acceptors (Lipinski definition) is 9. The number of benzene rings is 1. The maximum Gasteiger partial charge on any atom is 0.469 e. The number of aromatic nitrogens is 4. The molecule has 1 aromatic carbocycles. The Morgan fingerprint density at radius 1 is 1.22 bits per heavy atom.